The third-order valence-corrected chi connectivity index (χ3v) is 5.86. The second-order valence-electron chi connectivity index (χ2n) is 5.72. The molecule has 106 valence electrons. The van der Waals surface area contributed by atoms with Crippen molar-refractivity contribution in [2.45, 2.75) is 57.2 Å². The fourth-order valence-corrected chi connectivity index (χ4v) is 4.89. The Bertz CT molecular complexity index is 346. The number of sulfone groups is 1. The summed E-state index contributed by atoms with van der Waals surface area (Å²) in [4.78, 5) is 0. The zero-order valence-corrected chi connectivity index (χ0v) is 11.7. The molecule has 2 heterocycles. The van der Waals surface area contributed by atoms with Crippen LogP contribution in [-0.2, 0) is 14.6 Å². The summed E-state index contributed by atoms with van der Waals surface area (Å²) in [5, 5.41) is 9.92. The van der Waals surface area contributed by atoms with E-state index in [1.54, 1.807) is 0 Å². The lowest BCUT2D eigenvalue weighted by atomic mass is 9.97. The van der Waals surface area contributed by atoms with Crippen LogP contribution in [0.4, 0.5) is 0 Å². The summed E-state index contributed by atoms with van der Waals surface area (Å²) in [6.45, 7) is 0.882. The number of ether oxygens (including phenoxy) is 1. The van der Waals surface area contributed by atoms with Crippen LogP contribution >= 0.6 is 0 Å². The summed E-state index contributed by atoms with van der Waals surface area (Å²) in [5.41, 5.74) is 0. The Morgan fingerprint density at radius 1 is 1.33 bits per heavy atom. The molecule has 2 fully saturated rings. The predicted octanol–water partition coefficient (Wildman–Crippen LogP) is 1.52. The van der Waals surface area contributed by atoms with E-state index in [9.17, 15) is 13.5 Å². The number of rotatable bonds is 6. The van der Waals surface area contributed by atoms with Crippen LogP contribution in [0.3, 0.4) is 0 Å². The zero-order valence-electron chi connectivity index (χ0n) is 10.9. The molecule has 0 aromatic carbocycles. The van der Waals surface area contributed by atoms with Crippen LogP contribution in [0.15, 0.2) is 0 Å². The average molecular weight is 276 g/mol. The smallest absolute Gasteiger partial charge is 0.150 e. The molecule has 0 radical (unpaired) electrons. The second kappa shape index (κ2) is 6.35. The molecule has 0 spiro atoms. The highest BCUT2D eigenvalue weighted by atomic mass is 32.2. The minimum absolute atomic E-state index is 0.174. The molecule has 3 atom stereocenters. The molecule has 2 aliphatic rings. The van der Waals surface area contributed by atoms with Crippen molar-refractivity contribution in [3.63, 3.8) is 0 Å². The van der Waals surface area contributed by atoms with Gasteiger partial charge in [-0.3, -0.25) is 0 Å². The number of hydrogen-bond acceptors (Lipinski definition) is 4. The standard InChI is InChI=1S/C13H24O4S/c14-12(3-1-4-13-5-2-7-17-13)9-11-6-8-18(15,16)10-11/h11-14H,1-10H2. The molecule has 18 heavy (non-hydrogen) atoms. The van der Waals surface area contributed by atoms with Gasteiger partial charge in [0.05, 0.1) is 23.7 Å². The van der Waals surface area contributed by atoms with E-state index in [4.69, 9.17) is 4.74 Å². The van der Waals surface area contributed by atoms with Gasteiger partial charge >= 0.3 is 0 Å². The zero-order chi connectivity index (χ0) is 13.0. The summed E-state index contributed by atoms with van der Waals surface area (Å²) >= 11 is 0. The Morgan fingerprint density at radius 3 is 2.78 bits per heavy atom. The average Bonchev–Trinajstić information content (AvgIpc) is 2.88. The van der Waals surface area contributed by atoms with Crippen molar-refractivity contribution in [1.82, 2.24) is 0 Å². The maximum Gasteiger partial charge on any atom is 0.150 e. The minimum Gasteiger partial charge on any atom is -0.393 e. The Hall–Kier alpha value is -0.130. The molecule has 2 rings (SSSR count). The Balaban J connectivity index is 1.59. The van der Waals surface area contributed by atoms with E-state index in [1.165, 1.54) is 0 Å². The molecule has 0 aromatic heterocycles. The van der Waals surface area contributed by atoms with Crippen molar-refractivity contribution in [3.05, 3.63) is 0 Å². The van der Waals surface area contributed by atoms with Gasteiger partial charge in [-0.05, 0) is 50.9 Å². The highest BCUT2D eigenvalue weighted by Gasteiger charge is 2.29. The first-order valence-corrected chi connectivity index (χ1v) is 8.87. The van der Waals surface area contributed by atoms with Crippen LogP contribution in [0.25, 0.3) is 0 Å². The van der Waals surface area contributed by atoms with E-state index in [1.807, 2.05) is 0 Å². The van der Waals surface area contributed by atoms with Crippen LogP contribution in [0.5, 0.6) is 0 Å². The number of aliphatic hydroxyl groups excluding tert-OH is 1. The predicted molar refractivity (Wildman–Crippen MR) is 70.2 cm³/mol. The first-order valence-electron chi connectivity index (χ1n) is 7.05. The molecule has 4 nitrogen and oxygen atoms in total. The third kappa shape index (κ3) is 4.52. The van der Waals surface area contributed by atoms with Gasteiger partial charge in [0.15, 0.2) is 9.84 Å². The molecule has 0 aromatic rings. The van der Waals surface area contributed by atoms with Gasteiger partial charge in [-0.2, -0.15) is 0 Å². The lowest BCUT2D eigenvalue weighted by Gasteiger charge is -2.15. The summed E-state index contributed by atoms with van der Waals surface area (Å²) < 4.78 is 28.2. The van der Waals surface area contributed by atoms with Gasteiger partial charge in [-0.25, -0.2) is 8.42 Å². The summed E-state index contributed by atoms with van der Waals surface area (Å²) in [7, 11) is -2.81. The summed E-state index contributed by atoms with van der Waals surface area (Å²) in [6, 6.07) is 0. The van der Waals surface area contributed by atoms with E-state index in [0.29, 0.717) is 18.3 Å². The van der Waals surface area contributed by atoms with Crippen LogP contribution in [0.1, 0.15) is 44.9 Å². The van der Waals surface area contributed by atoms with Gasteiger partial charge < -0.3 is 9.84 Å². The number of hydrogen-bond donors (Lipinski definition) is 1. The normalized spacial score (nSPS) is 32.7. The first kappa shape index (κ1) is 14.3. The van der Waals surface area contributed by atoms with Crippen molar-refractivity contribution in [3.8, 4) is 0 Å². The van der Waals surface area contributed by atoms with Gasteiger partial charge in [0.1, 0.15) is 0 Å². The van der Waals surface area contributed by atoms with E-state index >= 15 is 0 Å². The fourth-order valence-electron chi connectivity index (χ4n) is 3.01. The van der Waals surface area contributed by atoms with Crippen molar-refractivity contribution < 1.29 is 18.3 Å². The Labute approximate surface area is 110 Å². The van der Waals surface area contributed by atoms with E-state index in [-0.39, 0.29) is 17.8 Å². The molecule has 0 amide bonds. The molecule has 0 aliphatic carbocycles. The molecule has 1 N–H and O–H groups in total. The Morgan fingerprint density at radius 2 is 2.17 bits per heavy atom. The second-order valence-corrected chi connectivity index (χ2v) is 7.95. The molecule has 3 unspecified atom stereocenters. The molecular weight excluding hydrogens is 252 g/mol. The first-order chi connectivity index (χ1) is 8.55. The van der Waals surface area contributed by atoms with Crippen LogP contribution < -0.4 is 0 Å². The van der Waals surface area contributed by atoms with Crippen molar-refractivity contribution in [2.24, 2.45) is 5.92 Å². The van der Waals surface area contributed by atoms with Crippen LogP contribution in [-0.4, -0.2) is 43.8 Å². The topological polar surface area (TPSA) is 63.6 Å². The maximum absolute atomic E-state index is 11.3. The summed E-state index contributed by atoms with van der Waals surface area (Å²) in [6.07, 6.45) is 6.51. The molecule has 0 bridgehead atoms. The van der Waals surface area contributed by atoms with Crippen molar-refractivity contribution in [1.29, 1.82) is 0 Å². The van der Waals surface area contributed by atoms with Crippen molar-refractivity contribution >= 4 is 9.84 Å². The lowest BCUT2D eigenvalue weighted by molar-refractivity contribution is 0.0906. The fraction of sp³-hybridized carbons (Fsp3) is 1.00. The highest BCUT2D eigenvalue weighted by Crippen LogP contribution is 2.25. The molecule has 0 saturated carbocycles. The Kier molecular flexibility index (Phi) is 5.04. The molecule has 5 heteroatoms. The van der Waals surface area contributed by atoms with E-state index < -0.39 is 9.84 Å². The van der Waals surface area contributed by atoms with Gasteiger partial charge in [0.25, 0.3) is 0 Å². The summed E-state index contributed by atoms with van der Waals surface area (Å²) in [5.74, 6) is 0.753. The molecule has 2 aliphatic heterocycles. The van der Waals surface area contributed by atoms with E-state index in [0.717, 1.165) is 45.1 Å². The molecular formula is C13H24O4S. The largest absolute Gasteiger partial charge is 0.393 e. The highest BCUT2D eigenvalue weighted by molar-refractivity contribution is 7.91. The lowest BCUT2D eigenvalue weighted by Crippen LogP contribution is -2.15. The third-order valence-electron chi connectivity index (χ3n) is 4.02. The van der Waals surface area contributed by atoms with Gasteiger partial charge in [0.2, 0.25) is 0 Å². The quantitative estimate of drug-likeness (QED) is 0.799. The molecule has 2 saturated heterocycles. The monoisotopic (exact) mass is 276 g/mol. The minimum atomic E-state index is -2.81. The number of aliphatic hydroxyl groups is 1. The van der Waals surface area contributed by atoms with E-state index in [2.05, 4.69) is 0 Å². The van der Waals surface area contributed by atoms with Crippen LogP contribution in [0, 0.1) is 5.92 Å². The van der Waals surface area contributed by atoms with Gasteiger partial charge in [-0.15, -0.1) is 0 Å². The maximum atomic E-state index is 11.3. The van der Waals surface area contributed by atoms with Crippen LogP contribution in [0.2, 0.25) is 0 Å². The van der Waals surface area contributed by atoms with Crippen molar-refractivity contribution in [2.75, 3.05) is 18.1 Å². The SMILES string of the molecule is O=S1(=O)CCC(CC(O)CCCC2CCCO2)C1. The van der Waals surface area contributed by atoms with Gasteiger partial charge in [0, 0.05) is 6.61 Å². The van der Waals surface area contributed by atoms with Gasteiger partial charge in [-0.1, -0.05) is 0 Å².